The Kier molecular flexibility index (Phi) is 2.20. The molecule has 1 aromatic carbocycles. The van der Waals surface area contributed by atoms with Crippen LogP contribution in [0.5, 0.6) is 0 Å². The fraction of sp³-hybridized carbons (Fsp3) is 0.111. The van der Waals surface area contributed by atoms with Crippen LogP contribution in [0, 0.1) is 17.5 Å². The lowest BCUT2D eigenvalue weighted by Crippen LogP contribution is -1.96. The predicted molar refractivity (Wildman–Crippen MR) is 49.6 cm³/mol. The molecule has 14 heavy (non-hydrogen) atoms. The molecule has 0 atom stereocenters. The smallest absolute Gasteiger partial charge is 0.195 e. The molecule has 0 fully saturated rings. The highest BCUT2D eigenvalue weighted by Gasteiger charge is 2.16. The molecular weight excluding hydrogens is 211 g/mol. The van der Waals surface area contributed by atoms with Crippen LogP contribution in [-0.4, -0.2) is 0 Å². The second kappa shape index (κ2) is 3.25. The number of fused-ring (bicyclic) bond motifs is 1. The Morgan fingerprint density at radius 1 is 1.21 bits per heavy atom. The topological polar surface area (TPSA) is 26.0 Å². The second-order valence-corrected chi connectivity index (χ2v) is 3.71. The van der Waals surface area contributed by atoms with Crippen LogP contribution in [0.1, 0.15) is 5.56 Å². The minimum absolute atomic E-state index is 0.115. The highest BCUT2D eigenvalue weighted by atomic mass is 32.1. The van der Waals surface area contributed by atoms with Crippen LogP contribution in [0.15, 0.2) is 11.4 Å². The van der Waals surface area contributed by atoms with Crippen LogP contribution < -0.4 is 5.73 Å². The molecule has 0 saturated heterocycles. The Balaban J connectivity index is 2.86. The zero-order valence-electron chi connectivity index (χ0n) is 6.98. The van der Waals surface area contributed by atoms with Gasteiger partial charge >= 0.3 is 0 Å². The number of rotatable bonds is 1. The number of hydrogen-bond donors (Lipinski definition) is 1. The number of nitrogens with two attached hydrogens (primary N) is 1. The molecule has 1 heterocycles. The predicted octanol–water partition coefficient (Wildman–Crippen LogP) is 2.78. The third-order valence-electron chi connectivity index (χ3n) is 2.00. The third-order valence-corrected chi connectivity index (χ3v) is 3.04. The van der Waals surface area contributed by atoms with Gasteiger partial charge in [-0.3, -0.25) is 0 Å². The number of hydrogen-bond acceptors (Lipinski definition) is 2. The van der Waals surface area contributed by atoms with Crippen LogP contribution in [0.25, 0.3) is 10.1 Å². The van der Waals surface area contributed by atoms with Gasteiger partial charge in [0.25, 0.3) is 0 Å². The molecule has 5 heteroatoms. The minimum Gasteiger partial charge on any atom is -0.326 e. The Morgan fingerprint density at radius 2 is 1.93 bits per heavy atom. The number of thiophene rings is 1. The van der Waals surface area contributed by atoms with Gasteiger partial charge in [0.05, 0.1) is 4.70 Å². The second-order valence-electron chi connectivity index (χ2n) is 2.83. The summed E-state index contributed by atoms with van der Waals surface area (Å²) in [7, 11) is 0. The van der Waals surface area contributed by atoms with E-state index in [0.717, 1.165) is 17.4 Å². The highest BCUT2D eigenvalue weighted by molar-refractivity contribution is 7.17. The molecule has 0 aliphatic carbocycles. The van der Waals surface area contributed by atoms with Crippen molar-refractivity contribution in [2.75, 3.05) is 0 Å². The first-order valence-electron chi connectivity index (χ1n) is 3.88. The van der Waals surface area contributed by atoms with Crippen molar-refractivity contribution in [1.82, 2.24) is 0 Å². The van der Waals surface area contributed by atoms with Gasteiger partial charge in [0.1, 0.15) is 0 Å². The molecule has 2 aromatic rings. The van der Waals surface area contributed by atoms with Crippen molar-refractivity contribution in [3.05, 3.63) is 34.5 Å². The maximum Gasteiger partial charge on any atom is 0.195 e. The molecule has 0 saturated carbocycles. The molecule has 2 N–H and O–H groups in total. The zero-order chi connectivity index (χ0) is 10.3. The van der Waals surface area contributed by atoms with Crippen LogP contribution in [0.2, 0.25) is 0 Å². The third kappa shape index (κ3) is 1.20. The molecule has 0 amide bonds. The van der Waals surface area contributed by atoms with E-state index in [1.165, 1.54) is 0 Å². The average Bonchev–Trinajstić information content (AvgIpc) is 2.57. The molecule has 0 unspecified atom stereocenters. The maximum atomic E-state index is 13.2. The summed E-state index contributed by atoms with van der Waals surface area (Å²) in [5.41, 5.74) is 5.99. The van der Waals surface area contributed by atoms with Gasteiger partial charge in [-0.15, -0.1) is 11.3 Å². The Hall–Kier alpha value is -1.07. The van der Waals surface area contributed by atoms with Gasteiger partial charge < -0.3 is 5.73 Å². The van der Waals surface area contributed by atoms with E-state index < -0.39 is 17.5 Å². The Labute approximate surface area is 82.0 Å². The van der Waals surface area contributed by atoms with Gasteiger partial charge in [-0.1, -0.05) is 0 Å². The molecule has 0 radical (unpaired) electrons. The van der Waals surface area contributed by atoms with E-state index in [2.05, 4.69) is 0 Å². The molecule has 1 aromatic heterocycles. The van der Waals surface area contributed by atoms with Crippen molar-refractivity contribution < 1.29 is 13.2 Å². The van der Waals surface area contributed by atoms with E-state index in [0.29, 0.717) is 10.9 Å². The quantitative estimate of drug-likeness (QED) is 0.730. The van der Waals surface area contributed by atoms with Gasteiger partial charge in [-0.2, -0.15) is 0 Å². The van der Waals surface area contributed by atoms with E-state index in [1.807, 2.05) is 0 Å². The Bertz CT molecular complexity index is 492. The number of halogens is 3. The van der Waals surface area contributed by atoms with E-state index in [4.69, 9.17) is 5.73 Å². The SMILES string of the molecule is NCc1csc2c(F)c(F)c(F)cc12. The van der Waals surface area contributed by atoms with Crippen LogP contribution in [-0.2, 0) is 6.54 Å². The van der Waals surface area contributed by atoms with Crippen molar-refractivity contribution in [3.63, 3.8) is 0 Å². The highest BCUT2D eigenvalue weighted by Crippen LogP contribution is 2.30. The fourth-order valence-electron chi connectivity index (χ4n) is 1.28. The lowest BCUT2D eigenvalue weighted by Gasteiger charge is -1.98. The zero-order valence-corrected chi connectivity index (χ0v) is 7.80. The van der Waals surface area contributed by atoms with Crippen molar-refractivity contribution in [3.8, 4) is 0 Å². The van der Waals surface area contributed by atoms with E-state index >= 15 is 0 Å². The van der Waals surface area contributed by atoms with E-state index in [1.54, 1.807) is 5.38 Å². The summed E-state index contributed by atoms with van der Waals surface area (Å²) < 4.78 is 38.9. The van der Waals surface area contributed by atoms with E-state index in [-0.39, 0.29) is 11.2 Å². The average molecular weight is 217 g/mol. The lowest BCUT2D eigenvalue weighted by molar-refractivity contribution is 0.454. The van der Waals surface area contributed by atoms with Gasteiger partial charge in [0.15, 0.2) is 17.5 Å². The van der Waals surface area contributed by atoms with Crippen LogP contribution >= 0.6 is 11.3 Å². The van der Waals surface area contributed by atoms with Crippen molar-refractivity contribution in [2.24, 2.45) is 5.73 Å². The minimum atomic E-state index is -1.43. The Morgan fingerprint density at radius 3 is 2.57 bits per heavy atom. The lowest BCUT2D eigenvalue weighted by atomic mass is 10.1. The van der Waals surface area contributed by atoms with Crippen molar-refractivity contribution >= 4 is 21.4 Å². The molecule has 0 bridgehead atoms. The van der Waals surface area contributed by atoms with Crippen LogP contribution in [0.3, 0.4) is 0 Å². The summed E-state index contributed by atoms with van der Waals surface area (Å²) in [6.07, 6.45) is 0. The van der Waals surface area contributed by atoms with Gasteiger partial charge in [0, 0.05) is 11.9 Å². The first kappa shape index (κ1) is 9.48. The largest absolute Gasteiger partial charge is 0.326 e. The van der Waals surface area contributed by atoms with E-state index in [9.17, 15) is 13.2 Å². The summed E-state index contributed by atoms with van der Waals surface area (Å²) in [6.45, 7) is 0.185. The normalized spacial score (nSPS) is 11.1. The summed E-state index contributed by atoms with van der Waals surface area (Å²) in [5, 5.41) is 1.96. The molecule has 74 valence electrons. The number of benzene rings is 1. The maximum absolute atomic E-state index is 13.2. The van der Waals surface area contributed by atoms with Crippen LogP contribution in [0.4, 0.5) is 13.2 Å². The molecule has 0 aliphatic rings. The van der Waals surface area contributed by atoms with Crippen molar-refractivity contribution in [1.29, 1.82) is 0 Å². The summed E-state index contributed by atoms with van der Waals surface area (Å²) in [5.74, 6) is -3.74. The molecule has 2 rings (SSSR count). The fourth-order valence-corrected chi connectivity index (χ4v) is 2.28. The van der Waals surface area contributed by atoms with Gasteiger partial charge in [-0.25, -0.2) is 13.2 Å². The molecule has 1 nitrogen and oxygen atoms in total. The molecule has 0 spiro atoms. The summed E-state index contributed by atoms with van der Waals surface area (Å²) in [6, 6.07) is 0.979. The standard InChI is InChI=1S/C9H6F3NS/c10-6-1-5-4(2-13)3-14-9(5)8(12)7(6)11/h1,3H,2,13H2. The molecule has 0 aliphatic heterocycles. The first-order chi connectivity index (χ1) is 6.65. The monoisotopic (exact) mass is 217 g/mol. The summed E-state index contributed by atoms with van der Waals surface area (Å²) >= 11 is 1.03. The first-order valence-corrected chi connectivity index (χ1v) is 4.76. The molecular formula is C9H6F3NS. The van der Waals surface area contributed by atoms with Gasteiger partial charge in [-0.05, 0) is 17.0 Å². The van der Waals surface area contributed by atoms with Gasteiger partial charge in [0.2, 0.25) is 0 Å². The van der Waals surface area contributed by atoms with Crippen molar-refractivity contribution in [2.45, 2.75) is 6.54 Å². The summed E-state index contributed by atoms with van der Waals surface area (Å²) in [4.78, 5) is 0.